The second-order valence-electron chi connectivity index (χ2n) is 5.45. The molecule has 1 amide bonds. The molecule has 1 aliphatic heterocycles. The number of aryl methyl sites for hydroxylation is 1. The fourth-order valence-corrected chi connectivity index (χ4v) is 3.22. The van der Waals surface area contributed by atoms with E-state index in [2.05, 4.69) is 10.3 Å². The van der Waals surface area contributed by atoms with E-state index in [-0.39, 0.29) is 11.6 Å². The highest BCUT2D eigenvalue weighted by Gasteiger charge is 2.24. The van der Waals surface area contributed by atoms with E-state index in [9.17, 15) is 14.9 Å². The van der Waals surface area contributed by atoms with Crippen LogP contribution in [0.1, 0.15) is 11.1 Å². The molecule has 1 aliphatic rings. The number of methoxy groups -OCH3 is 1. The van der Waals surface area contributed by atoms with E-state index in [0.29, 0.717) is 27.1 Å². The Morgan fingerprint density at radius 1 is 1.27 bits per heavy atom. The number of nitro benzene ring substituents is 1. The topological polar surface area (TPSA) is 93.8 Å². The van der Waals surface area contributed by atoms with Crippen molar-refractivity contribution >= 4 is 40.3 Å². The van der Waals surface area contributed by atoms with Gasteiger partial charge in [0, 0.05) is 17.7 Å². The summed E-state index contributed by atoms with van der Waals surface area (Å²) in [6, 6.07) is 11.8. The number of hydrogen-bond donors (Lipinski definition) is 1. The highest BCUT2D eigenvalue weighted by atomic mass is 32.2. The molecular formula is C18H15N3O4S. The number of thioether (sulfide) groups is 1. The average Bonchev–Trinajstić information content (AvgIpc) is 2.96. The number of nitrogens with zero attached hydrogens (tertiary/aromatic N) is 2. The normalized spacial score (nSPS) is 16.8. The summed E-state index contributed by atoms with van der Waals surface area (Å²) in [6.45, 7) is 1.74. The molecule has 1 fully saturated rings. The number of benzene rings is 2. The Labute approximate surface area is 153 Å². The highest BCUT2D eigenvalue weighted by Crippen LogP contribution is 2.31. The van der Waals surface area contributed by atoms with Gasteiger partial charge in [0.1, 0.15) is 5.75 Å². The molecule has 7 nitrogen and oxygen atoms in total. The van der Waals surface area contributed by atoms with Crippen molar-refractivity contribution in [2.75, 3.05) is 7.11 Å². The molecular weight excluding hydrogens is 354 g/mol. The van der Waals surface area contributed by atoms with Gasteiger partial charge in [0.2, 0.25) is 0 Å². The zero-order valence-electron chi connectivity index (χ0n) is 14.1. The zero-order valence-corrected chi connectivity index (χ0v) is 14.9. The van der Waals surface area contributed by atoms with Crippen LogP contribution in [0.5, 0.6) is 5.75 Å². The number of carbonyl (C=O) groups is 1. The third kappa shape index (κ3) is 3.75. The lowest BCUT2D eigenvalue weighted by atomic mass is 10.2. The summed E-state index contributed by atoms with van der Waals surface area (Å²) < 4.78 is 5.29. The molecule has 0 atom stereocenters. The molecule has 0 aliphatic carbocycles. The predicted octanol–water partition coefficient (Wildman–Crippen LogP) is 3.80. The van der Waals surface area contributed by atoms with Gasteiger partial charge in [0.25, 0.3) is 11.6 Å². The van der Waals surface area contributed by atoms with Crippen LogP contribution in [-0.2, 0) is 4.79 Å². The van der Waals surface area contributed by atoms with Crippen LogP contribution in [0.25, 0.3) is 6.08 Å². The molecule has 8 heteroatoms. The first-order valence-corrected chi connectivity index (χ1v) is 8.47. The van der Waals surface area contributed by atoms with Gasteiger partial charge in [-0.1, -0.05) is 18.2 Å². The average molecular weight is 369 g/mol. The molecule has 2 aromatic rings. The van der Waals surface area contributed by atoms with Gasteiger partial charge in [-0.3, -0.25) is 14.9 Å². The molecule has 2 aromatic carbocycles. The molecule has 1 N–H and O–H groups in total. The van der Waals surface area contributed by atoms with Gasteiger partial charge in [0.15, 0.2) is 5.17 Å². The van der Waals surface area contributed by atoms with E-state index in [4.69, 9.17) is 4.74 Å². The Bertz CT molecular complexity index is 953. The van der Waals surface area contributed by atoms with Crippen molar-refractivity contribution in [3.63, 3.8) is 0 Å². The second kappa shape index (κ2) is 7.40. The molecule has 0 spiro atoms. The summed E-state index contributed by atoms with van der Waals surface area (Å²) in [7, 11) is 1.57. The molecule has 3 rings (SSSR count). The van der Waals surface area contributed by atoms with E-state index >= 15 is 0 Å². The number of rotatable bonds is 4. The number of non-ortho nitro benzene ring substituents is 1. The van der Waals surface area contributed by atoms with Gasteiger partial charge in [-0.2, -0.15) is 0 Å². The molecule has 0 aromatic heterocycles. The predicted molar refractivity (Wildman–Crippen MR) is 102 cm³/mol. The number of aliphatic imine (C=N–C) groups is 1. The van der Waals surface area contributed by atoms with Crippen molar-refractivity contribution in [1.29, 1.82) is 0 Å². The van der Waals surface area contributed by atoms with Gasteiger partial charge in [0.05, 0.1) is 22.6 Å². The van der Waals surface area contributed by atoms with Crippen LogP contribution in [0.15, 0.2) is 52.4 Å². The van der Waals surface area contributed by atoms with E-state index in [0.717, 1.165) is 5.56 Å². The molecule has 0 radical (unpaired) electrons. The van der Waals surface area contributed by atoms with E-state index in [1.165, 1.54) is 23.9 Å². The van der Waals surface area contributed by atoms with E-state index in [1.54, 1.807) is 26.2 Å². The lowest BCUT2D eigenvalue weighted by Gasteiger charge is -2.03. The highest BCUT2D eigenvalue weighted by molar-refractivity contribution is 8.18. The third-order valence-electron chi connectivity index (χ3n) is 3.69. The molecule has 26 heavy (non-hydrogen) atoms. The van der Waals surface area contributed by atoms with Crippen LogP contribution in [0.2, 0.25) is 0 Å². The summed E-state index contributed by atoms with van der Waals surface area (Å²) in [5.74, 6) is 0.421. The van der Waals surface area contributed by atoms with E-state index in [1.807, 2.05) is 24.3 Å². The number of amidine groups is 1. The van der Waals surface area contributed by atoms with Crippen molar-refractivity contribution in [2.24, 2.45) is 4.99 Å². The second-order valence-corrected chi connectivity index (χ2v) is 6.48. The zero-order chi connectivity index (χ0) is 18.7. The van der Waals surface area contributed by atoms with Crippen LogP contribution < -0.4 is 10.1 Å². The lowest BCUT2D eigenvalue weighted by molar-refractivity contribution is -0.384. The van der Waals surface area contributed by atoms with Crippen LogP contribution in [-0.4, -0.2) is 23.1 Å². The van der Waals surface area contributed by atoms with Gasteiger partial charge < -0.3 is 10.1 Å². The molecule has 132 valence electrons. The number of amides is 1. The Balaban J connectivity index is 1.87. The summed E-state index contributed by atoms with van der Waals surface area (Å²) in [5.41, 5.74) is 2.02. The Kier molecular flexibility index (Phi) is 5.04. The molecule has 1 saturated heterocycles. The molecule has 0 saturated carbocycles. The number of nitrogens with one attached hydrogen (secondary N) is 1. The summed E-state index contributed by atoms with van der Waals surface area (Å²) in [5, 5.41) is 13.9. The minimum absolute atomic E-state index is 0.00585. The van der Waals surface area contributed by atoms with Gasteiger partial charge in [-0.05, 0) is 42.5 Å². The van der Waals surface area contributed by atoms with Gasteiger partial charge >= 0.3 is 0 Å². The summed E-state index contributed by atoms with van der Waals surface area (Å²) in [4.78, 5) is 27.4. The van der Waals surface area contributed by atoms with Crippen LogP contribution in [0.4, 0.5) is 11.4 Å². The Morgan fingerprint density at radius 2 is 2.04 bits per heavy atom. The van der Waals surface area contributed by atoms with E-state index < -0.39 is 4.92 Å². The number of hydrogen-bond acceptors (Lipinski definition) is 6. The number of ether oxygens (including phenoxy) is 1. The smallest absolute Gasteiger partial charge is 0.269 e. The number of para-hydroxylation sites is 1. The van der Waals surface area contributed by atoms with Gasteiger partial charge in [-0.15, -0.1) is 0 Å². The first kappa shape index (κ1) is 17.7. The number of carbonyl (C=O) groups excluding carboxylic acids is 1. The molecule has 0 bridgehead atoms. The maximum absolute atomic E-state index is 12.2. The minimum Gasteiger partial charge on any atom is -0.496 e. The fraction of sp³-hybridized carbons (Fsp3) is 0.111. The Morgan fingerprint density at radius 3 is 2.73 bits per heavy atom. The van der Waals surface area contributed by atoms with Crippen LogP contribution in [0.3, 0.4) is 0 Å². The standard InChI is InChI=1S/C18H15N3O4S/c1-11-9-13(21(23)24)7-8-14(11)19-18-20-17(22)16(26-18)10-12-5-3-4-6-15(12)25-2/h3-10H,1-2H3,(H,19,20,22)/b16-10+. The van der Waals surface area contributed by atoms with Crippen molar-refractivity contribution in [1.82, 2.24) is 5.32 Å². The maximum atomic E-state index is 12.2. The summed E-state index contributed by atoms with van der Waals surface area (Å²) in [6.07, 6.45) is 1.74. The summed E-state index contributed by atoms with van der Waals surface area (Å²) >= 11 is 1.21. The molecule has 1 heterocycles. The van der Waals surface area contributed by atoms with Crippen molar-refractivity contribution in [2.45, 2.75) is 6.92 Å². The van der Waals surface area contributed by atoms with Crippen molar-refractivity contribution in [3.8, 4) is 5.75 Å². The molecule has 0 unspecified atom stereocenters. The van der Waals surface area contributed by atoms with Crippen molar-refractivity contribution < 1.29 is 14.5 Å². The SMILES string of the molecule is COc1ccccc1/C=C1/SC(=Nc2ccc([N+](=O)[O-])cc2C)NC1=O. The number of nitro groups is 1. The van der Waals surface area contributed by atoms with Crippen LogP contribution in [0, 0.1) is 17.0 Å². The largest absolute Gasteiger partial charge is 0.496 e. The van der Waals surface area contributed by atoms with Gasteiger partial charge in [-0.25, -0.2) is 4.99 Å². The van der Waals surface area contributed by atoms with Crippen LogP contribution >= 0.6 is 11.8 Å². The maximum Gasteiger partial charge on any atom is 0.269 e. The Hall–Kier alpha value is -3.13. The lowest BCUT2D eigenvalue weighted by Crippen LogP contribution is -2.19. The fourth-order valence-electron chi connectivity index (χ4n) is 2.40. The van der Waals surface area contributed by atoms with Crippen molar-refractivity contribution in [3.05, 3.63) is 68.6 Å². The quantitative estimate of drug-likeness (QED) is 0.502. The monoisotopic (exact) mass is 369 g/mol. The third-order valence-corrected chi connectivity index (χ3v) is 4.60. The minimum atomic E-state index is -0.454. The first-order valence-electron chi connectivity index (χ1n) is 7.65. The first-order chi connectivity index (χ1) is 12.5.